The first kappa shape index (κ1) is 15.6. The van der Waals surface area contributed by atoms with E-state index in [9.17, 15) is 4.79 Å². The van der Waals surface area contributed by atoms with Crippen LogP contribution in [0, 0.1) is 0 Å². The van der Waals surface area contributed by atoms with Crippen LogP contribution in [0.15, 0.2) is 53.0 Å². The fourth-order valence-corrected chi connectivity index (χ4v) is 2.33. The molecular weight excluding hydrogens is 330 g/mol. The van der Waals surface area contributed by atoms with E-state index in [0.717, 1.165) is 21.5 Å². The fourth-order valence-electron chi connectivity index (χ4n) is 1.91. The number of halogens is 1. The Hall–Kier alpha value is -1.81. The van der Waals surface area contributed by atoms with Crippen molar-refractivity contribution in [2.45, 2.75) is 26.4 Å². The highest BCUT2D eigenvalue weighted by Crippen LogP contribution is 2.19. The van der Waals surface area contributed by atoms with Gasteiger partial charge in [-0.1, -0.05) is 34.1 Å². The van der Waals surface area contributed by atoms with E-state index in [1.54, 1.807) is 0 Å². The number of carbonyl (C=O) groups excluding carboxylic acids is 1. The van der Waals surface area contributed by atoms with E-state index in [1.165, 1.54) is 0 Å². The van der Waals surface area contributed by atoms with Crippen molar-refractivity contribution in [3.63, 3.8) is 0 Å². The molecule has 0 aliphatic rings. The van der Waals surface area contributed by atoms with Crippen molar-refractivity contribution in [2.24, 2.45) is 0 Å². The van der Waals surface area contributed by atoms with E-state index < -0.39 is 0 Å². The van der Waals surface area contributed by atoms with Gasteiger partial charge in [0.25, 0.3) is 0 Å². The van der Waals surface area contributed by atoms with Crippen molar-refractivity contribution < 1.29 is 9.53 Å². The monoisotopic (exact) mass is 347 g/mol. The maximum absolute atomic E-state index is 12.0. The molecule has 21 heavy (non-hydrogen) atoms. The van der Waals surface area contributed by atoms with Gasteiger partial charge in [-0.2, -0.15) is 0 Å². The van der Waals surface area contributed by atoms with Gasteiger partial charge in [-0.15, -0.1) is 0 Å². The van der Waals surface area contributed by atoms with Crippen molar-refractivity contribution in [3.8, 4) is 5.75 Å². The summed E-state index contributed by atoms with van der Waals surface area (Å²) < 4.78 is 6.51. The Morgan fingerprint density at radius 1 is 1.14 bits per heavy atom. The molecule has 0 aliphatic carbocycles. The summed E-state index contributed by atoms with van der Waals surface area (Å²) in [6, 6.07) is 15.1. The molecule has 0 aromatic heterocycles. The van der Waals surface area contributed by atoms with Crippen LogP contribution >= 0.6 is 15.9 Å². The van der Waals surface area contributed by atoms with Gasteiger partial charge in [0, 0.05) is 10.2 Å². The van der Waals surface area contributed by atoms with E-state index in [4.69, 9.17) is 4.74 Å². The van der Waals surface area contributed by atoms with E-state index in [0.29, 0.717) is 6.42 Å². The largest absolute Gasteiger partial charge is 0.491 e. The lowest BCUT2D eigenvalue weighted by Crippen LogP contribution is -2.14. The summed E-state index contributed by atoms with van der Waals surface area (Å²) in [5.74, 6) is 0.758. The Bertz CT molecular complexity index is 608. The first-order valence-electron chi connectivity index (χ1n) is 6.84. The minimum Gasteiger partial charge on any atom is -0.491 e. The lowest BCUT2D eigenvalue weighted by atomic mass is 10.1. The third-order valence-corrected chi connectivity index (χ3v) is 3.59. The minimum absolute atomic E-state index is 0.0422. The number of rotatable bonds is 5. The highest BCUT2D eigenvalue weighted by molar-refractivity contribution is 9.10. The van der Waals surface area contributed by atoms with Gasteiger partial charge in [-0.3, -0.25) is 4.79 Å². The molecular formula is C17H18BrNO2. The summed E-state index contributed by atoms with van der Waals surface area (Å²) in [6.07, 6.45) is 0.479. The first-order valence-corrected chi connectivity index (χ1v) is 7.64. The normalized spacial score (nSPS) is 10.5. The molecule has 2 aromatic carbocycles. The second-order valence-electron chi connectivity index (χ2n) is 5.01. The number of hydrogen-bond donors (Lipinski definition) is 1. The third-order valence-electron chi connectivity index (χ3n) is 2.82. The smallest absolute Gasteiger partial charge is 0.228 e. The van der Waals surface area contributed by atoms with Gasteiger partial charge in [0.15, 0.2) is 0 Å². The zero-order valence-electron chi connectivity index (χ0n) is 12.1. The summed E-state index contributed by atoms with van der Waals surface area (Å²) >= 11 is 3.45. The molecule has 1 amide bonds. The summed E-state index contributed by atoms with van der Waals surface area (Å²) in [5.41, 5.74) is 1.73. The summed E-state index contributed by atoms with van der Waals surface area (Å²) in [5, 5.41) is 2.88. The number of hydrogen-bond acceptors (Lipinski definition) is 2. The Kier molecular flexibility index (Phi) is 5.39. The molecule has 2 rings (SSSR count). The standard InChI is InChI=1S/C17H18BrNO2/c1-12(2)21-15-9-7-14(8-10-15)19-17(20)11-13-5-3-4-6-16(13)18/h3-10,12H,11H2,1-2H3,(H,19,20). The average molecular weight is 348 g/mol. The molecule has 0 fully saturated rings. The average Bonchev–Trinajstić information content (AvgIpc) is 2.43. The van der Waals surface area contributed by atoms with Gasteiger partial charge in [0.2, 0.25) is 5.91 Å². The van der Waals surface area contributed by atoms with Crippen molar-refractivity contribution in [2.75, 3.05) is 5.32 Å². The fraction of sp³-hybridized carbons (Fsp3) is 0.235. The van der Waals surface area contributed by atoms with Crippen LogP contribution in [0.3, 0.4) is 0 Å². The van der Waals surface area contributed by atoms with Crippen LogP contribution in [0.1, 0.15) is 19.4 Å². The molecule has 0 atom stereocenters. The maximum Gasteiger partial charge on any atom is 0.228 e. The van der Waals surface area contributed by atoms with Crippen LogP contribution in [0.5, 0.6) is 5.75 Å². The Balaban J connectivity index is 1.95. The second-order valence-corrected chi connectivity index (χ2v) is 5.86. The van der Waals surface area contributed by atoms with E-state index in [-0.39, 0.29) is 12.0 Å². The van der Waals surface area contributed by atoms with Gasteiger partial charge < -0.3 is 10.1 Å². The van der Waals surface area contributed by atoms with Gasteiger partial charge >= 0.3 is 0 Å². The molecule has 0 saturated heterocycles. The van der Waals surface area contributed by atoms with E-state index >= 15 is 0 Å². The summed E-state index contributed by atoms with van der Waals surface area (Å²) in [6.45, 7) is 3.96. The molecule has 0 heterocycles. The number of benzene rings is 2. The van der Waals surface area contributed by atoms with Crippen LogP contribution in [0.2, 0.25) is 0 Å². The van der Waals surface area contributed by atoms with Gasteiger partial charge in [0.1, 0.15) is 5.75 Å². The first-order chi connectivity index (χ1) is 10.0. The molecule has 2 aromatic rings. The highest BCUT2D eigenvalue weighted by atomic mass is 79.9. The van der Waals surface area contributed by atoms with Crippen LogP contribution < -0.4 is 10.1 Å². The van der Waals surface area contributed by atoms with Crippen molar-refractivity contribution >= 4 is 27.5 Å². The topological polar surface area (TPSA) is 38.3 Å². The lowest BCUT2D eigenvalue weighted by molar-refractivity contribution is -0.115. The predicted molar refractivity (Wildman–Crippen MR) is 88.7 cm³/mol. The second kappa shape index (κ2) is 7.27. The van der Waals surface area contributed by atoms with Gasteiger partial charge in [-0.05, 0) is 49.7 Å². The third kappa shape index (κ3) is 4.90. The SMILES string of the molecule is CC(C)Oc1ccc(NC(=O)Cc2ccccc2Br)cc1. The molecule has 0 saturated carbocycles. The Labute approximate surface area is 133 Å². The van der Waals surface area contributed by atoms with Gasteiger partial charge in [0.05, 0.1) is 12.5 Å². The highest BCUT2D eigenvalue weighted by Gasteiger charge is 2.07. The zero-order valence-corrected chi connectivity index (χ0v) is 13.7. The molecule has 0 unspecified atom stereocenters. The number of amides is 1. The number of anilines is 1. The number of nitrogens with one attached hydrogen (secondary N) is 1. The molecule has 4 heteroatoms. The summed E-state index contributed by atoms with van der Waals surface area (Å²) in [4.78, 5) is 12.0. The van der Waals surface area contributed by atoms with E-state index in [1.807, 2.05) is 62.4 Å². The maximum atomic E-state index is 12.0. The molecule has 0 bridgehead atoms. The molecule has 0 spiro atoms. The van der Waals surface area contributed by atoms with Crippen LogP contribution in [0.25, 0.3) is 0 Å². The lowest BCUT2D eigenvalue weighted by Gasteiger charge is -2.11. The summed E-state index contributed by atoms with van der Waals surface area (Å²) in [7, 11) is 0. The van der Waals surface area contributed by atoms with Gasteiger partial charge in [-0.25, -0.2) is 0 Å². The van der Waals surface area contributed by atoms with Crippen LogP contribution in [0.4, 0.5) is 5.69 Å². The molecule has 0 radical (unpaired) electrons. The molecule has 110 valence electrons. The quantitative estimate of drug-likeness (QED) is 0.869. The number of ether oxygens (including phenoxy) is 1. The van der Waals surface area contributed by atoms with Crippen molar-refractivity contribution in [3.05, 3.63) is 58.6 Å². The van der Waals surface area contributed by atoms with Crippen molar-refractivity contribution in [1.29, 1.82) is 0 Å². The van der Waals surface area contributed by atoms with E-state index in [2.05, 4.69) is 21.2 Å². The minimum atomic E-state index is -0.0422. The molecule has 1 N–H and O–H groups in total. The van der Waals surface area contributed by atoms with Crippen molar-refractivity contribution in [1.82, 2.24) is 0 Å². The Morgan fingerprint density at radius 3 is 2.43 bits per heavy atom. The zero-order chi connectivity index (χ0) is 15.2. The number of carbonyl (C=O) groups is 1. The molecule has 0 aliphatic heterocycles. The Morgan fingerprint density at radius 2 is 1.81 bits per heavy atom. The molecule has 3 nitrogen and oxygen atoms in total. The van der Waals surface area contributed by atoms with Crippen LogP contribution in [-0.2, 0) is 11.2 Å². The predicted octanol–water partition coefficient (Wildman–Crippen LogP) is 4.42. The van der Waals surface area contributed by atoms with Crippen LogP contribution in [-0.4, -0.2) is 12.0 Å².